The molecule has 0 bridgehead atoms. The highest BCUT2D eigenvalue weighted by Gasteiger charge is 2.29. The van der Waals surface area contributed by atoms with Crippen molar-refractivity contribution in [2.45, 2.75) is 46.1 Å². The highest BCUT2D eigenvalue weighted by molar-refractivity contribution is 5.97. The van der Waals surface area contributed by atoms with E-state index < -0.39 is 0 Å². The lowest BCUT2D eigenvalue weighted by Crippen LogP contribution is -2.45. The minimum atomic E-state index is -0.118. The SMILES string of the molecule is CCN1CCCCN(C(=O)c2ccccc2OC)[C@@H](CC(C)C)COc2ccccc2C1=O. The molecule has 0 aromatic heterocycles. The highest BCUT2D eigenvalue weighted by Crippen LogP contribution is 2.26. The summed E-state index contributed by atoms with van der Waals surface area (Å²) in [6, 6.07) is 14.7. The molecule has 3 rings (SSSR count). The van der Waals surface area contributed by atoms with Gasteiger partial charge in [-0.3, -0.25) is 9.59 Å². The normalized spacial score (nSPS) is 17.6. The van der Waals surface area contributed by atoms with Crippen LogP contribution in [-0.4, -0.2) is 61.0 Å². The smallest absolute Gasteiger partial charge is 0.257 e. The number of hydrogen-bond acceptors (Lipinski definition) is 4. The van der Waals surface area contributed by atoms with Crippen LogP contribution in [0.2, 0.25) is 0 Å². The number of carbonyl (C=O) groups is 2. The second kappa shape index (κ2) is 11.7. The fourth-order valence-corrected chi connectivity index (χ4v) is 4.37. The van der Waals surface area contributed by atoms with Crippen LogP contribution in [0.5, 0.6) is 11.5 Å². The molecular formula is C27H36N2O4. The Hall–Kier alpha value is -3.02. The first-order valence-corrected chi connectivity index (χ1v) is 11.9. The van der Waals surface area contributed by atoms with Crippen molar-refractivity contribution in [2.75, 3.05) is 33.4 Å². The van der Waals surface area contributed by atoms with E-state index in [2.05, 4.69) is 13.8 Å². The molecule has 1 atom stereocenters. The molecule has 1 aliphatic rings. The summed E-state index contributed by atoms with van der Waals surface area (Å²) in [5.41, 5.74) is 1.14. The van der Waals surface area contributed by atoms with Crippen LogP contribution in [0.4, 0.5) is 0 Å². The topological polar surface area (TPSA) is 59.1 Å². The van der Waals surface area contributed by atoms with E-state index >= 15 is 0 Å². The number of ether oxygens (including phenoxy) is 2. The molecule has 33 heavy (non-hydrogen) atoms. The Labute approximate surface area is 197 Å². The number of carbonyl (C=O) groups excluding carboxylic acids is 2. The van der Waals surface area contributed by atoms with E-state index in [-0.39, 0.29) is 17.9 Å². The van der Waals surface area contributed by atoms with E-state index in [0.717, 1.165) is 19.3 Å². The molecule has 0 saturated carbocycles. The van der Waals surface area contributed by atoms with Gasteiger partial charge in [0.25, 0.3) is 11.8 Å². The van der Waals surface area contributed by atoms with Crippen LogP contribution >= 0.6 is 0 Å². The molecular weight excluding hydrogens is 416 g/mol. The third-order valence-electron chi connectivity index (χ3n) is 6.08. The molecule has 0 N–H and O–H groups in total. The first-order valence-electron chi connectivity index (χ1n) is 11.9. The highest BCUT2D eigenvalue weighted by atomic mass is 16.5. The average molecular weight is 453 g/mol. The van der Waals surface area contributed by atoms with Gasteiger partial charge in [-0.25, -0.2) is 0 Å². The lowest BCUT2D eigenvalue weighted by atomic mass is 10.0. The minimum absolute atomic E-state index is 0.00367. The van der Waals surface area contributed by atoms with Gasteiger partial charge >= 0.3 is 0 Å². The molecule has 178 valence electrons. The van der Waals surface area contributed by atoms with Gasteiger partial charge in [-0.15, -0.1) is 0 Å². The van der Waals surface area contributed by atoms with Crippen molar-refractivity contribution < 1.29 is 19.1 Å². The van der Waals surface area contributed by atoms with Crippen molar-refractivity contribution in [2.24, 2.45) is 5.92 Å². The van der Waals surface area contributed by atoms with Crippen molar-refractivity contribution >= 4 is 11.8 Å². The van der Waals surface area contributed by atoms with Crippen LogP contribution in [0.3, 0.4) is 0 Å². The number of nitrogens with zero attached hydrogens (tertiary/aromatic N) is 2. The monoisotopic (exact) mass is 452 g/mol. The zero-order chi connectivity index (χ0) is 23.8. The molecule has 0 spiro atoms. The van der Waals surface area contributed by atoms with Crippen LogP contribution in [0.15, 0.2) is 48.5 Å². The molecule has 1 heterocycles. The number of hydrogen-bond donors (Lipinski definition) is 0. The molecule has 2 aromatic carbocycles. The summed E-state index contributed by atoms with van der Waals surface area (Å²) in [6.07, 6.45) is 2.44. The predicted molar refractivity (Wildman–Crippen MR) is 130 cm³/mol. The minimum Gasteiger partial charge on any atom is -0.496 e. The first kappa shape index (κ1) is 24.6. The standard InChI is InChI=1S/C27H36N2O4/c1-5-28-16-10-11-17-29(27(31)22-12-6-8-14-24(22)32-4)21(18-20(2)3)19-33-25-15-9-7-13-23(25)26(28)30/h6-9,12-15,20-21H,5,10-11,16-19H2,1-4H3/t21-/m0/s1. The fourth-order valence-electron chi connectivity index (χ4n) is 4.37. The zero-order valence-electron chi connectivity index (χ0n) is 20.3. The first-order chi connectivity index (χ1) is 16.0. The van der Waals surface area contributed by atoms with Gasteiger partial charge in [0.15, 0.2) is 0 Å². The maximum Gasteiger partial charge on any atom is 0.257 e. The Kier molecular flexibility index (Phi) is 8.75. The molecule has 6 heteroatoms. The Morgan fingerprint density at radius 1 is 1.09 bits per heavy atom. The van der Waals surface area contributed by atoms with Crippen LogP contribution < -0.4 is 9.47 Å². The van der Waals surface area contributed by atoms with Gasteiger partial charge in [-0.2, -0.15) is 0 Å². The molecule has 0 radical (unpaired) electrons. The van der Waals surface area contributed by atoms with Gasteiger partial charge in [-0.1, -0.05) is 38.1 Å². The molecule has 1 aliphatic heterocycles. The average Bonchev–Trinajstić information content (AvgIpc) is 2.83. The predicted octanol–water partition coefficient (Wildman–Crippen LogP) is 4.89. The van der Waals surface area contributed by atoms with Crippen LogP contribution in [0.1, 0.15) is 60.7 Å². The van der Waals surface area contributed by atoms with Gasteiger partial charge in [0, 0.05) is 19.6 Å². The number of amides is 2. The lowest BCUT2D eigenvalue weighted by molar-refractivity contribution is 0.0552. The molecule has 6 nitrogen and oxygen atoms in total. The number of fused-ring (bicyclic) bond motifs is 1. The summed E-state index contributed by atoms with van der Waals surface area (Å²) < 4.78 is 11.7. The summed E-state index contributed by atoms with van der Waals surface area (Å²) in [4.78, 5) is 30.7. The fraction of sp³-hybridized carbons (Fsp3) is 0.481. The van der Waals surface area contributed by atoms with Crippen molar-refractivity contribution in [1.82, 2.24) is 9.80 Å². The van der Waals surface area contributed by atoms with Crippen LogP contribution in [-0.2, 0) is 0 Å². The Balaban J connectivity index is 1.97. The summed E-state index contributed by atoms with van der Waals surface area (Å²) in [6.45, 7) is 8.50. The third kappa shape index (κ3) is 6.06. The Bertz CT molecular complexity index is 943. The second-order valence-corrected chi connectivity index (χ2v) is 8.88. The Morgan fingerprint density at radius 3 is 2.52 bits per heavy atom. The van der Waals surface area contributed by atoms with E-state index in [1.807, 2.05) is 65.3 Å². The second-order valence-electron chi connectivity index (χ2n) is 8.88. The number of para-hydroxylation sites is 2. The van der Waals surface area contributed by atoms with Gasteiger partial charge in [0.05, 0.1) is 24.3 Å². The number of benzene rings is 2. The summed E-state index contributed by atoms with van der Waals surface area (Å²) in [5.74, 6) is 1.48. The molecule has 0 unspecified atom stereocenters. The van der Waals surface area contributed by atoms with Gasteiger partial charge < -0.3 is 19.3 Å². The van der Waals surface area contributed by atoms with E-state index in [0.29, 0.717) is 54.8 Å². The van der Waals surface area contributed by atoms with Crippen molar-refractivity contribution in [1.29, 1.82) is 0 Å². The molecule has 2 aromatic rings. The van der Waals surface area contributed by atoms with Crippen molar-refractivity contribution in [3.63, 3.8) is 0 Å². The number of methoxy groups -OCH3 is 1. The van der Waals surface area contributed by atoms with Gasteiger partial charge in [0.1, 0.15) is 18.1 Å². The van der Waals surface area contributed by atoms with E-state index in [1.54, 1.807) is 7.11 Å². The van der Waals surface area contributed by atoms with Gasteiger partial charge in [-0.05, 0) is 56.4 Å². The molecule has 2 amide bonds. The van der Waals surface area contributed by atoms with E-state index in [1.165, 1.54) is 0 Å². The van der Waals surface area contributed by atoms with Gasteiger partial charge in [0.2, 0.25) is 0 Å². The quantitative estimate of drug-likeness (QED) is 0.648. The summed E-state index contributed by atoms with van der Waals surface area (Å²) in [5, 5.41) is 0. The zero-order valence-corrected chi connectivity index (χ0v) is 20.3. The third-order valence-corrected chi connectivity index (χ3v) is 6.08. The lowest BCUT2D eigenvalue weighted by Gasteiger charge is -2.34. The van der Waals surface area contributed by atoms with E-state index in [4.69, 9.17) is 9.47 Å². The summed E-state index contributed by atoms with van der Waals surface area (Å²) >= 11 is 0. The maximum atomic E-state index is 13.7. The van der Waals surface area contributed by atoms with Crippen molar-refractivity contribution in [3.8, 4) is 11.5 Å². The molecule has 0 fully saturated rings. The molecule has 0 saturated heterocycles. The summed E-state index contributed by atoms with van der Waals surface area (Å²) in [7, 11) is 1.59. The van der Waals surface area contributed by atoms with Crippen LogP contribution in [0, 0.1) is 5.92 Å². The van der Waals surface area contributed by atoms with Crippen LogP contribution in [0.25, 0.3) is 0 Å². The van der Waals surface area contributed by atoms with Crippen molar-refractivity contribution in [3.05, 3.63) is 59.7 Å². The number of rotatable bonds is 5. The van der Waals surface area contributed by atoms with E-state index in [9.17, 15) is 9.59 Å². The maximum absolute atomic E-state index is 13.7. The molecule has 0 aliphatic carbocycles. The Morgan fingerprint density at radius 2 is 1.79 bits per heavy atom. The largest absolute Gasteiger partial charge is 0.496 e.